The third kappa shape index (κ3) is 3.53. The van der Waals surface area contributed by atoms with E-state index in [0.717, 1.165) is 6.54 Å². The van der Waals surface area contributed by atoms with Crippen molar-refractivity contribution in [1.82, 2.24) is 10.0 Å². The molecule has 1 aromatic carbocycles. The van der Waals surface area contributed by atoms with Gasteiger partial charge in [0.1, 0.15) is 6.07 Å². The van der Waals surface area contributed by atoms with E-state index in [0.29, 0.717) is 18.7 Å². The molecule has 0 atom stereocenters. The number of nitrogens with zero attached hydrogens (tertiary/aromatic N) is 1. The minimum absolute atomic E-state index is 0.0431. The van der Waals surface area contributed by atoms with E-state index in [1.54, 1.807) is 19.1 Å². The van der Waals surface area contributed by atoms with Gasteiger partial charge in [-0.2, -0.15) is 5.26 Å². The number of nitriles is 1. The van der Waals surface area contributed by atoms with Crippen LogP contribution in [0.5, 0.6) is 0 Å². The third-order valence-corrected chi connectivity index (χ3v) is 3.98. The number of likely N-dealkylation sites (N-methyl/N-ethyl adjacent to an activating group) is 1. The molecule has 98 valence electrons. The van der Waals surface area contributed by atoms with Crippen LogP contribution in [0.1, 0.15) is 18.1 Å². The summed E-state index contributed by atoms with van der Waals surface area (Å²) < 4.78 is 26.5. The number of hydrogen-bond acceptors (Lipinski definition) is 4. The Morgan fingerprint density at radius 3 is 2.67 bits per heavy atom. The van der Waals surface area contributed by atoms with E-state index in [1.807, 2.05) is 13.0 Å². The summed E-state index contributed by atoms with van der Waals surface area (Å²) >= 11 is 0. The zero-order valence-corrected chi connectivity index (χ0v) is 11.3. The fraction of sp³-hybridized carbons (Fsp3) is 0.417. The lowest BCUT2D eigenvalue weighted by atomic mass is 10.1. The van der Waals surface area contributed by atoms with Gasteiger partial charge in [-0.1, -0.05) is 19.1 Å². The van der Waals surface area contributed by atoms with Crippen LogP contribution in [0.2, 0.25) is 0 Å². The van der Waals surface area contributed by atoms with Gasteiger partial charge < -0.3 is 5.32 Å². The Kier molecular flexibility index (Phi) is 5.28. The van der Waals surface area contributed by atoms with Crippen LogP contribution in [-0.4, -0.2) is 28.1 Å². The van der Waals surface area contributed by atoms with Crippen LogP contribution in [0.3, 0.4) is 0 Å². The summed E-state index contributed by atoms with van der Waals surface area (Å²) in [5.41, 5.74) is 0.862. The van der Waals surface area contributed by atoms with E-state index < -0.39 is 10.0 Å². The van der Waals surface area contributed by atoms with Crippen molar-refractivity contribution in [3.05, 3.63) is 29.3 Å². The highest BCUT2D eigenvalue weighted by atomic mass is 32.2. The Balaban J connectivity index is 2.93. The Morgan fingerprint density at radius 1 is 1.33 bits per heavy atom. The van der Waals surface area contributed by atoms with Crippen LogP contribution in [-0.2, 0) is 10.0 Å². The first-order chi connectivity index (χ1) is 8.53. The number of benzene rings is 1. The Labute approximate surface area is 108 Å². The molecule has 0 heterocycles. The van der Waals surface area contributed by atoms with Crippen molar-refractivity contribution in [2.75, 3.05) is 19.6 Å². The number of hydrogen-bond donors (Lipinski definition) is 2. The fourth-order valence-corrected chi connectivity index (χ4v) is 2.80. The molecule has 0 fully saturated rings. The summed E-state index contributed by atoms with van der Waals surface area (Å²) in [6, 6.07) is 6.73. The minimum Gasteiger partial charge on any atom is -0.316 e. The third-order valence-electron chi connectivity index (χ3n) is 2.48. The molecule has 0 aliphatic rings. The predicted octanol–water partition coefficient (Wildman–Crippen LogP) is 0.755. The van der Waals surface area contributed by atoms with Gasteiger partial charge in [-0.15, -0.1) is 0 Å². The van der Waals surface area contributed by atoms with Gasteiger partial charge in [-0.05, 0) is 25.1 Å². The SMILES string of the molecule is CCNCCNS(=O)(=O)c1cccc(C)c1C#N. The summed E-state index contributed by atoms with van der Waals surface area (Å²) in [5, 5.41) is 12.0. The largest absolute Gasteiger partial charge is 0.316 e. The molecule has 2 N–H and O–H groups in total. The Bertz CT molecular complexity index is 547. The van der Waals surface area contributed by atoms with Gasteiger partial charge in [0, 0.05) is 13.1 Å². The van der Waals surface area contributed by atoms with E-state index >= 15 is 0 Å². The average Bonchev–Trinajstić information content (AvgIpc) is 2.34. The summed E-state index contributed by atoms with van der Waals surface area (Å²) in [6.07, 6.45) is 0. The van der Waals surface area contributed by atoms with Crippen molar-refractivity contribution in [2.45, 2.75) is 18.7 Å². The van der Waals surface area contributed by atoms with Gasteiger partial charge in [0.15, 0.2) is 0 Å². The maximum atomic E-state index is 12.0. The summed E-state index contributed by atoms with van der Waals surface area (Å²) in [5.74, 6) is 0. The molecule has 0 aromatic heterocycles. The normalized spacial score (nSPS) is 11.2. The topological polar surface area (TPSA) is 82.0 Å². The maximum Gasteiger partial charge on any atom is 0.241 e. The van der Waals surface area contributed by atoms with Crippen LogP contribution < -0.4 is 10.0 Å². The zero-order chi connectivity index (χ0) is 13.6. The monoisotopic (exact) mass is 267 g/mol. The highest BCUT2D eigenvalue weighted by Crippen LogP contribution is 2.17. The highest BCUT2D eigenvalue weighted by molar-refractivity contribution is 7.89. The van der Waals surface area contributed by atoms with Crippen LogP contribution in [0.4, 0.5) is 0 Å². The van der Waals surface area contributed by atoms with Crippen molar-refractivity contribution in [2.24, 2.45) is 0 Å². The minimum atomic E-state index is -3.62. The van der Waals surface area contributed by atoms with Crippen LogP contribution in [0.25, 0.3) is 0 Å². The molecule has 0 saturated carbocycles. The van der Waals surface area contributed by atoms with Crippen molar-refractivity contribution in [3.63, 3.8) is 0 Å². The first kappa shape index (κ1) is 14.6. The fourth-order valence-electron chi connectivity index (χ4n) is 1.54. The Morgan fingerprint density at radius 2 is 2.06 bits per heavy atom. The van der Waals surface area contributed by atoms with Crippen molar-refractivity contribution in [1.29, 1.82) is 5.26 Å². The molecule has 0 aliphatic heterocycles. The Hall–Kier alpha value is -1.42. The molecule has 1 rings (SSSR count). The van der Waals surface area contributed by atoms with Crippen LogP contribution in [0, 0.1) is 18.3 Å². The molecule has 5 nitrogen and oxygen atoms in total. The van der Waals surface area contributed by atoms with Gasteiger partial charge >= 0.3 is 0 Å². The molecule has 18 heavy (non-hydrogen) atoms. The molecule has 0 spiro atoms. The summed E-state index contributed by atoms with van der Waals surface area (Å²) in [4.78, 5) is 0.0431. The van der Waals surface area contributed by atoms with Crippen molar-refractivity contribution in [3.8, 4) is 6.07 Å². The number of nitrogens with one attached hydrogen (secondary N) is 2. The quantitative estimate of drug-likeness (QED) is 0.745. The molecule has 0 aliphatic carbocycles. The molecule has 0 amide bonds. The van der Waals surface area contributed by atoms with E-state index in [1.165, 1.54) is 6.07 Å². The second-order valence-corrected chi connectivity index (χ2v) is 5.55. The molecule has 0 saturated heterocycles. The highest BCUT2D eigenvalue weighted by Gasteiger charge is 2.18. The molecule has 1 aromatic rings. The molecule has 6 heteroatoms. The maximum absolute atomic E-state index is 12.0. The van der Waals surface area contributed by atoms with Crippen molar-refractivity contribution >= 4 is 10.0 Å². The second-order valence-electron chi connectivity index (χ2n) is 3.81. The van der Waals surface area contributed by atoms with Gasteiger partial charge in [-0.3, -0.25) is 0 Å². The summed E-state index contributed by atoms with van der Waals surface area (Å²) in [7, 11) is -3.62. The number of sulfonamides is 1. The van der Waals surface area contributed by atoms with Gasteiger partial charge in [0.2, 0.25) is 10.0 Å². The first-order valence-corrected chi connectivity index (χ1v) is 7.21. The number of aryl methyl sites for hydroxylation is 1. The lowest BCUT2D eigenvalue weighted by Crippen LogP contribution is -2.32. The molecular formula is C12H17N3O2S. The van der Waals surface area contributed by atoms with E-state index in [9.17, 15) is 8.42 Å². The molecule has 0 unspecified atom stereocenters. The lowest BCUT2D eigenvalue weighted by Gasteiger charge is -2.09. The first-order valence-electron chi connectivity index (χ1n) is 5.73. The lowest BCUT2D eigenvalue weighted by molar-refractivity contribution is 0.577. The predicted molar refractivity (Wildman–Crippen MR) is 69.6 cm³/mol. The average molecular weight is 267 g/mol. The number of rotatable bonds is 6. The van der Waals surface area contributed by atoms with Gasteiger partial charge in [-0.25, -0.2) is 13.1 Å². The van der Waals surface area contributed by atoms with Crippen molar-refractivity contribution < 1.29 is 8.42 Å². The van der Waals surface area contributed by atoms with Crippen LogP contribution in [0.15, 0.2) is 23.1 Å². The van der Waals surface area contributed by atoms with Crippen LogP contribution >= 0.6 is 0 Å². The smallest absolute Gasteiger partial charge is 0.241 e. The van der Waals surface area contributed by atoms with Gasteiger partial charge in [0.25, 0.3) is 0 Å². The standard InChI is InChI=1S/C12H17N3O2S/c1-3-14-7-8-15-18(16,17)12-6-4-5-10(2)11(12)9-13/h4-6,14-15H,3,7-8H2,1-2H3. The summed E-state index contributed by atoms with van der Waals surface area (Å²) in [6.45, 7) is 5.31. The van der Waals surface area contributed by atoms with Gasteiger partial charge in [0.05, 0.1) is 10.5 Å². The van der Waals surface area contributed by atoms with E-state index in [2.05, 4.69) is 10.0 Å². The molecule has 0 radical (unpaired) electrons. The van der Waals surface area contributed by atoms with E-state index in [4.69, 9.17) is 5.26 Å². The van der Waals surface area contributed by atoms with E-state index in [-0.39, 0.29) is 10.5 Å². The molecular weight excluding hydrogens is 250 g/mol. The zero-order valence-electron chi connectivity index (χ0n) is 10.5. The second kappa shape index (κ2) is 6.50. The molecule has 0 bridgehead atoms.